The minimum Gasteiger partial charge on any atom is -0.378 e. The third kappa shape index (κ3) is 3.01. The third-order valence-electron chi connectivity index (χ3n) is 2.65. The molecule has 1 aromatic carbocycles. The van der Waals surface area contributed by atoms with Gasteiger partial charge < -0.3 is 9.88 Å². The minimum atomic E-state index is -0.332. The van der Waals surface area contributed by atoms with Gasteiger partial charge in [-0.15, -0.1) is 0 Å². The highest BCUT2D eigenvalue weighted by Crippen LogP contribution is 2.22. The Morgan fingerprint density at radius 3 is 3.00 bits per heavy atom. The molecule has 2 aromatic rings. The molecule has 0 unspecified atom stereocenters. The summed E-state index contributed by atoms with van der Waals surface area (Å²) in [6.07, 6.45) is 4.69. The van der Waals surface area contributed by atoms with Crippen LogP contribution in [0.1, 0.15) is 19.0 Å². The van der Waals surface area contributed by atoms with Crippen molar-refractivity contribution in [3.63, 3.8) is 0 Å². The highest BCUT2D eigenvalue weighted by atomic mass is 35.5. The third-order valence-corrected chi connectivity index (χ3v) is 2.97. The number of hydrogen-bond acceptors (Lipinski definition) is 2. The summed E-state index contributed by atoms with van der Waals surface area (Å²) >= 11 is 5.95. The number of aryl methyl sites for hydroxylation is 1. The molecule has 0 aliphatic heterocycles. The van der Waals surface area contributed by atoms with Crippen molar-refractivity contribution >= 4 is 17.3 Å². The number of halogens is 2. The Bertz CT molecular complexity index is 525. The summed E-state index contributed by atoms with van der Waals surface area (Å²) < 4.78 is 15.0. The van der Waals surface area contributed by atoms with Gasteiger partial charge in [-0.05, 0) is 24.6 Å². The summed E-state index contributed by atoms with van der Waals surface area (Å²) in [6, 6.07) is 4.32. The molecule has 1 heterocycles. The normalized spacial score (nSPS) is 10.6. The molecule has 0 atom stereocenters. The molecule has 2 rings (SSSR count). The Morgan fingerprint density at radius 1 is 1.44 bits per heavy atom. The fourth-order valence-corrected chi connectivity index (χ4v) is 1.99. The molecule has 1 aromatic heterocycles. The molecule has 0 amide bonds. The Balaban J connectivity index is 2.04. The van der Waals surface area contributed by atoms with Crippen molar-refractivity contribution in [3.8, 4) is 0 Å². The quantitative estimate of drug-likeness (QED) is 0.895. The second-order valence-corrected chi connectivity index (χ2v) is 4.46. The van der Waals surface area contributed by atoms with E-state index >= 15 is 0 Å². The molecule has 5 heteroatoms. The van der Waals surface area contributed by atoms with Crippen LogP contribution in [-0.4, -0.2) is 9.55 Å². The highest BCUT2D eigenvalue weighted by Gasteiger charge is 2.04. The van der Waals surface area contributed by atoms with Crippen LogP contribution in [0.2, 0.25) is 5.02 Å². The maximum Gasteiger partial charge on any atom is 0.124 e. The molecule has 0 bridgehead atoms. The van der Waals surface area contributed by atoms with Crippen molar-refractivity contribution in [2.45, 2.75) is 26.4 Å². The zero-order valence-corrected chi connectivity index (χ0v) is 10.9. The lowest BCUT2D eigenvalue weighted by Gasteiger charge is -2.10. The van der Waals surface area contributed by atoms with Crippen molar-refractivity contribution < 1.29 is 4.39 Å². The summed E-state index contributed by atoms with van der Waals surface area (Å²) in [4.78, 5) is 4.12. The van der Waals surface area contributed by atoms with E-state index in [0.717, 1.165) is 24.3 Å². The van der Waals surface area contributed by atoms with Crippen molar-refractivity contribution in [1.82, 2.24) is 9.55 Å². The first-order valence-corrected chi connectivity index (χ1v) is 6.26. The number of imidazole rings is 1. The molecule has 0 aliphatic carbocycles. The lowest BCUT2D eigenvalue weighted by molar-refractivity contribution is 0.628. The Hall–Kier alpha value is -1.55. The zero-order chi connectivity index (χ0) is 13.0. The molecular formula is C13H15ClFN3. The van der Waals surface area contributed by atoms with Crippen LogP contribution in [0.3, 0.4) is 0 Å². The number of rotatable bonds is 5. The van der Waals surface area contributed by atoms with Crippen LogP contribution in [0.4, 0.5) is 10.1 Å². The molecule has 0 fully saturated rings. The topological polar surface area (TPSA) is 29.9 Å². The molecule has 0 radical (unpaired) electrons. The Morgan fingerprint density at radius 2 is 2.28 bits per heavy atom. The van der Waals surface area contributed by atoms with E-state index < -0.39 is 0 Å². The van der Waals surface area contributed by atoms with E-state index in [0.29, 0.717) is 11.6 Å². The fraction of sp³-hybridized carbons (Fsp3) is 0.308. The molecule has 1 N–H and O–H groups in total. The monoisotopic (exact) mass is 267 g/mol. The summed E-state index contributed by atoms with van der Waals surface area (Å²) in [5.41, 5.74) is 1.81. The largest absolute Gasteiger partial charge is 0.378 e. The smallest absolute Gasteiger partial charge is 0.124 e. The van der Waals surface area contributed by atoms with E-state index in [1.165, 1.54) is 12.1 Å². The van der Waals surface area contributed by atoms with Gasteiger partial charge in [-0.1, -0.05) is 18.5 Å². The minimum absolute atomic E-state index is 0.332. The van der Waals surface area contributed by atoms with Crippen LogP contribution >= 0.6 is 11.6 Å². The maximum atomic E-state index is 12.9. The molecule has 96 valence electrons. The molecule has 0 aliphatic rings. The molecule has 0 spiro atoms. The lowest BCUT2D eigenvalue weighted by Crippen LogP contribution is -2.07. The number of benzene rings is 1. The van der Waals surface area contributed by atoms with Crippen LogP contribution in [-0.2, 0) is 13.1 Å². The average molecular weight is 268 g/mol. The summed E-state index contributed by atoms with van der Waals surface area (Å²) in [6.45, 7) is 3.67. The first-order chi connectivity index (χ1) is 8.70. The molecule has 18 heavy (non-hydrogen) atoms. The number of anilines is 1. The average Bonchev–Trinajstić information content (AvgIpc) is 2.76. The fourth-order valence-electron chi connectivity index (χ4n) is 1.76. The van der Waals surface area contributed by atoms with Crippen LogP contribution in [0.15, 0.2) is 30.7 Å². The summed E-state index contributed by atoms with van der Waals surface area (Å²) in [5, 5.41) is 3.57. The summed E-state index contributed by atoms with van der Waals surface area (Å²) in [7, 11) is 0. The van der Waals surface area contributed by atoms with Crippen molar-refractivity contribution in [3.05, 3.63) is 47.3 Å². The standard InChI is InChI=1S/C13H15ClFN3/c1-2-5-18-9-16-7-11(18)8-17-13-4-3-10(15)6-12(13)14/h3-4,6-7,9,17H,2,5,8H2,1H3. The van der Waals surface area contributed by atoms with Gasteiger partial charge >= 0.3 is 0 Å². The second kappa shape index (κ2) is 5.87. The molecule has 0 saturated carbocycles. The van der Waals surface area contributed by atoms with E-state index in [1.54, 1.807) is 6.07 Å². The van der Waals surface area contributed by atoms with Gasteiger partial charge in [0.25, 0.3) is 0 Å². The van der Waals surface area contributed by atoms with Crippen LogP contribution in [0.5, 0.6) is 0 Å². The predicted octanol–water partition coefficient (Wildman–Crippen LogP) is 3.70. The highest BCUT2D eigenvalue weighted by molar-refractivity contribution is 6.33. The molecule has 0 saturated heterocycles. The van der Waals surface area contributed by atoms with Crippen molar-refractivity contribution in [2.75, 3.05) is 5.32 Å². The van der Waals surface area contributed by atoms with E-state index in [9.17, 15) is 4.39 Å². The maximum absolute atomic E-state index is 12.9. The predicted molar refractivity (Wildman–Crippen MR) is 71.3 cm³/mol. The second-order valence-electron chi connectivity index (χ2n) is 4.06. The van der Waals surface area contributed by atoms with E-state index in [-0.39, 0.29) is 5.82 Å². The Labute approximate surface area is 111 Å². The van der Waals surface area contributed by atoms with Crippen molar-refractivity contribution in [2.24, 2.45) is 0 Å². The zero-order valence-electron chi connectivity index (χ0n) is 10.2. The summed E-state index contributed by atoms with van der Waals surface area (Å²) in [5.74, 6) is -0.332. The first kappa shape index (κ1) is 12.9. The van der Waals surface area contributed by atoms with Gasteiger partial charge in [0.2, 0.25) is 0 Å². The molecular weight excluding hydrogens is 253 g/mol. The molecule has 3 nitrogen and oxygen atoms in total. The van der Waals surface area contributed by atoms with E-state index in [4.69, 9.17) is 11.6 Å². The van der Waals surface area contributed by atoms with Gasteiger partial charge in [-0.2, -0.15) is 0 Å². The van der Waals surface area contributed by atoms with Gasteiger partial charge in [-0.3, -0.25) is 0 Å². The van der Waals surface area contributed by atoms with E-state index in [1.807, 2.05) is 12.5 Å². The van der Waals surface area contributed by atoms with Crippen LogP contribution in [0, 0.1) is 5.82 Å². The van der Waals surface area contributed by atoms with Crippen LogP contribution < -0.4 is 5.32 Å². The van der Waals surface area contributed by atoms with Gasteiger partial charge in [0.15, 0.2) is 0 Å². The first-order valence-electron chi connectivity index (χ1n) is 5.88. The number of aromatic nitrogens is 2. The SMILES string of the molecule is CCCn1cncc1CNc1ccc(F)cc1Cl. The lowest BCUT2D eigenvalue weighted by atomic mass is 10.3. The number of hydrogen-bond donors (Lipinski definition) is 1. The van der Waals surface area contributed by atoms with Gasteiger partial charge in [-0.25, -0.2) is 9.37 Å². The van der Waals surface area contributed by atoms with Gasteiger partial charge in [0, 0.05) is 12.7 Å². The Kier molecular flexibility index (Phi) is 4.20. The van der Waals surface area contributed by atoms with E-state index in [2.05, 4.69) is 21.8 Å². The van der Waals surface area contributed by atoms with Crippen LogP contribution in [0.25, 0.3) is 0 Å². The van der Waals surface area contributed by atoms with Gasteiger partial charge in [0.05, 0.1) is 29.3 Å². The van der Waals surface area contributed by atoms with Crippen molar-refractivity contribution in [1.29, 1.82) is 0 Å². The van der Waals surface area contributed by atoms with Gasteiger partial charge in [0.1, 0.15) is 5.82 Å². The number of nitrogens with one attached hydrogen (secondary N) is 1. The number of nitrogens with zero attached hydrogens (tertiary/aromatic N) is 2.